The Hall–Kier alpha value is -3.32. The molecule has 0 radical (unpaired) electrons. The maximum Gasteiger partial charge on any atom is 0.290 e. The fourth-order valence-corrected chi connectivity index (χ4v) is 4.73. The van der Waals surface area contributed by atoms with Crippen molar-refractivity contribution < 1.29 is 18.7 Å². The van der Waals surface area contributed by atoms with Gasteiger partial charge in [0.1, 0.15) is 5.58 Å². The number of aryl methyl sites for hydroxylation is 1. The molecule has 1 aliphatic heterocycles. The Labute approximate surface area is 212 Å². The molecule has 7 nitrogen and oxygen atoms in total. The molecule has 7 heteroatoms. The number of ether oxygens (including phenoxy) is 2. The summed E-state index contributed by atoms with van der Waals surface area (Å²) in [6, 6.07) is 10.5. The lowest BCUT2D eigenvalue weighted by atomic mass is 9.97. The molecule has 1 unspecified atom stereocenters. The van der Waals surface area contributed by atoms with Crippen molar-refractivity contribution in [3.05, 3.63) is 69.1 Å². The van der Waals surface area contributed by atoms with Gasteiger partial charge in [-0.05, 0) is 55.8 Å². The molecular weight excluding hydrogens is 456 g/mol. The molecule has 1 amide bonds. The van der Waals surface area contributed by atoms with Crippen LogP contribution in [0.4, 0.5) is 0 Å². The molecule has 0 saturated heterocycles. The van der Waals surface area contributed by atoms with Crippen molar-refractivity contribution in [2.45, 2.75) is 40.7 Å². The zero-order chi connectivity index (χ0) is 26.0. The Morgan fingerprint density at radius 1 is 1.06 bits per heavy atom. The van der Waals surface area contributed by atoms with Crippen molar-refractivity contribution >= 4 is 16.9 Å². The molecule has 1 atom stereocenters. The molecule has 192 valence electrons. The van der Waals surface area contributed by atoms with Gasteiger partial charge in [0, 0.05) is 13.1 Å². The van der Waals surface area contributed by atoms with Gasteiger partial charge in [-0.1, -0.05) is 45.4 Å². The Kier molecular flexibility index (Phi) is 7.69. The van der Waals surface area contributed by atoms with Gasteiger partial charge in [-0.15, -0.1) is 0 Å². The minimum absolute atomic E-state index is 0.125. The first-order valence-corrected chi connectivity index (χ1v) is 12.7. The molecule has 0 N–H and O–H groups in total. The van der Waals surface area contributed by atoms with Gasteiger partial charge < -0.3 is 23.7 Å². The molecule has 4 rings (SSSR count). The van der Waals surface area contributed by atoms with Crippen molar-refractivity contribution in [3.8, 4) is 11.5 Å². The molecule has 2 heterocycles. The fourth-order valence-electron chi connectivity index (χ4n) is 4.73. The van der Waals surface area contributed by atoms with Crippen LogP contribution in [-0.4, -0.2) is 55.6 Å². The summed E-state index contributed by atoms with van der Waals surface area (Å²) in [7, 11) is 1.60. The molecule has 36 heavy (non-hydrogen) atoms. The number of fused-ring (bicyclic) bond motifs is 2. The van der Waals surface area contributed by atoms with Crippen LogP contribution in [0.5, 0.6) is 11.5 Å². The second-order valence-electron chi connectivity index (χ2n) is 9.72. The van der Waals surface area contributed by atoms with Crippen molar-refractivity contribution in [3.63, 3.8) is 0 Å². The number of carbonyl (C=O) groups is 1. The Balaban J connectivity index is 1.84. The lowest BCUT2D eigenvalue weighted by Gasteiger charge is -2.28. The number of hydrogen-bond donors (Lipinski definition) is 0. The normalized spacial score (nSPS) is 15.3. The highest BCUT2D eigenvalue weighted by Gasteiger charge is 2.43. The predicted octanol–water partition coefficient (Wildman–Crippen LogP) is 5.03. The number of amides is 1. The molecule has 3 aromatic rings. The molecule has 0 fully saturated rings. The highest BCUT2D eigenvalue weighted by molar-refractivity contribution is 5.99. The highest BCUT2D eigenvalue weighted by atomic mass is 16.5. The molecule has 2 aromatic carbocycles. The first-order valence-electron chi connectivity index (χ1n) is 12.7. The van der Waals surface area contributed by atoms with E-state index in [4.69, 9.17) is 13.9 Å². The second kappa shape index (κ2) is 10.7. The SMILES string of the molecule is CCN(CC)CCN1C(=O)c2oc3ccc(C)cc3c(=O)c2C1c1ccc(OCC(C)C)c(OC)c1. The molecule has 0 bridgehead atoms. The van der Waals surface area contributed by atoms with Crippen molar-refractivity contribution in [1.29, 1.82) is 0 Å². The summed E-state index contributed by atoms with van der Waals surface area (Å²) in [5, 5.41) is 0.487. The first kappa shape index (κ1) is 25.8. The zero-order valence-corrected chi connectivity index (χ0v) is 22.1. The lowest BCUT2D eigenvalue weighted by Crippen LogP contribution is -2.37. The largest absolute Gasteiger partial charge is 0.493 e. The Morgan fingerprint density at radius 2 is 1.81 bits per heavy atom. The van der Waals surface area contributed by atoms with E-state index < -0.39 is 6.04 Å². The predicted molar refractivity (Wildman–Crippen MR) is 141 cm³/mol. The quantitative estimate of drug-likeness (QED) is 0.395. The Morgan fingerprint density at radius 3 is 2.47 bits per heavy atom. The summed E-state index contributed by atoms with van der Waals surface area (Å²) in [4.78, 5) is 31.5. The van der Waals surface area contributed by atoms with Crippen molar-refractivity contribution in [1.82, 2.24) is 9.80 Å². The van der Waals surface area contributed by atoms with Crippen LogP contribution in [0.25, 0.3) is 11.0 Å². The summed E-state index contributed by atoms with van der Waals surface area (Å²) in [5.74, 6) is 1.43. The molecule has 0 aliphatic carbocycles. The van der Waals surface area contributed by atoms with Crippen LogP contribution < -0.4 is 14.9 Å². The van der Waals surface area contributed by atoms with Gasteiger partial charge in [0.15, 0.2) is 16.9 Å². The van der Waals surface area contributed by atoms with Crippen LogP contribution in [0.2, 0.25) is 0 Å². The molecule has 0 spiro atoms. The van der Waals surface area contributed by atoms with Crippen LogP contribution in [0.1, 0.15) is 61.0 Å². The van der Waals surface area contributed by atoms with Crippen LogP contribution in [0.15, 0.2) is 45.6 Å². The number of rotatable bonds is 10. The monoisotopic (exact) mass is 492 g/mol. The van der Waals surface area contributed by atoms with E-state index in [9.17, 15) is 9.59 Å². The molecule has 1 aliphatic rings. The Bertz CT molecular complexity index is 1310. The van der Waals surface area contributed by atoms with Gasteiger partial charge in [-0.3, -0.25) is 9.59 Å². The van der Waals surface area contributed by atoms with E-state index in [0.29, 0.717) is 53.6 Å². The first-order chi connectivity index (χ1) is 17.3. The number of methoxy groups -OCH3 is 1. The highest BCUT2D eigenvalue weighted by Crippen LogP contribution is 2.41. The summed E-state index contributed by atoms with van der Waals surface area (Å²) in [6.07, 6.45) is 0. The maximum absolute atomic E-state index is 13.8. The maximum atomic E-state index is 13.8. The summed E-state index contributed by atoms with van der Waals surface area (Å²) >= 11 is 0. The van der Waals surface area contributed by atoms with E-state index in [2.05, 4.69) is 32.6 Å². The average Bonchev–Trinajstić information content (AvgIpc) is 3.15. The van der Waals surface area contributed by atoms with E-state index in [0.717, 1.165) is 24.2 Å². The van der Waals surface area contributed by atoms with Crippen LogP contribution in [-0.2, 0) is 0 Å². The number of hydrogen-bond acceptors (Lipinski definition) is 6. The fraction of sp³-hybridized carbons (Fsp3) is 0.448. The third-order valence-electron chi connectivity index (χ3n) is 6.75. The van der Waals surface area contributed by atoms with E-state index in [1.165, 1.54) is 0 Å². The van der Waals surface area contributed by atoms with Gasteiger partial charge >= 0.3 is 0 Å². The van der Waals surface area contributed by atoms with E-state index >= 15 is 0 Å². The number of carbonyl (C=O) groups excluding carboxylic acids is 1. The third kappa shape index (κ3) is 4.85. The second-order valence-corrected chi connectivity index (χ2v) is 9.72. The van der Waals surface area contributed by atoms with E-state index in [1.54, 1.807) is 18.1 Å². The minimum Gasteiger partial charge on any atom is -0.493 e. The van der Waals surface area contributed by atoms with Gasteiger partial charge in [0.05, 0.1) is 30.7 Å². The summed E-state index contributed by atoms with van der Waals surface area (Å²) in [5.41, 5.74) is 2.39. The smallest absolute Gasteiger partial charge is 0.290 e. The standard InChI is InChI=1S/C29H36N2O5/c1-7-30(8-2)13-14-31-26(20-10-12-23(24(16-20)34-6)35-17-18(3)4)25-27(32)21-15-19(5)9-11-22(21)36-28(25)29(31)33/h9-12,15-16,18,26H,7-8,13-14,17H2,1-6H3. The molecule has 1 aromatic heterocycles. The average molecular weight is 493 g/mol. The third-order valence-corrected chi connectivity index (χ3v) is 6.75. The summed E-state index contributed by atoms with van der Waals surface area (Å²) < 4.78 is 17.7. The lowest BCUT2D eigenvalue weighted by molar-refractivity contribution is 0.0708. The van der Waals surface area contributed by atoms with Gasteiger partial charge in [0.2, 0.25) is 5.76 Å². The summed E-state index contributed by atoms with van der Waals surface area (Å²) in [6.45, 7) is 13.8. The van der Waals surface area contributed by atoms with Crippen LogP contribution in [0, 0.1) is 12.8 Å². The van der Waals surface area contributed by atoms with Gasteiger partial charge in [-0.2, -0.15) is 0 Å². The van der Waals surface area contributed by atoms with Crippen LogP contribution >= 0.6 is 0 Å². The molecule has 0 saturated carbocycles. The van der Waals surface area contributed by atoms with Gasteiger partial charge in [-0.25, -0.2) is 0 Å². The van der Waals surface area contributed by atoms with Crippen molar-refractivity contribution in [2.75, 3.05) is 39.9 Å². The van der Waals surface area contributed by atoms with Crippen molar-refractivity contribution in [2.24, 2.45) is 5.92 Å². The minimum atomic E-state index is -0.572. The number of benzene rings is 2. The topological polar surface area (TPSA) is 72.2 Å². The zero-order valence-electron chi connectivity index (χ0n) is 22.1. The van der Waals surface area contributed by atoms with E-state index in [1.807, 2.05) is 37.3 Å². The molecular formula is C29H36N2O5. The van der Waals surface area contributed by atoms with E-state index in [-0.39, 0.29) is 17.1 Å². The van der Waals surface area contributed by atoms with Gasteiger partial charge in [0.25, 0.3) is 5.91 Å². The number of likely N-dealkylation sites (N-methyl/N-ethyl adjacent to an activating group) is 1. The number of nitrogens with zero attached hydrogens (tertiary/aromatic N) is 2. The van der Waals surface area contributed by atoms with Crippen LogP contribution in [0.3, 0.4) is 0 Å².